The van der Waals surface area contributed by atoms with Crippen molar-refractivity contribution in [1.29, 1.82) is 0 Å². The maximum Gasteiger partial charge on any atom is 0.227 e. The van der Waals surface area contributed by atoms with Gasteiger partial charge in [-0.3, -0.25) is 4.79 Å². The smallest absolute Gasteiger partial charge is 0.227 e. The van der Waals surface area contributed by atoms with Crippen LogP contribution in [0.4, 0.5) is 0 Å². The van der Waals surface area contributed by atoms with Gasteiger partial charge in [0.1, 0.15) is 0 Å². The normalized spacial score (nSPS) is 19.4. The van der Waals surface area contributed by atoms with Gasteiger partial charge in [0.25, 0.3) is 0 Å². The third-order valence-electron chi connectivity index (χ3n) is 2.59. The van der Waals surface area contributed by atoms with E-state index in [0.29, 0.717) is 19.8 Å². The minimum atomic E-state index is 0.0121. The Balaban J connectivity index is 2.43. The van der Waals surface area contributed by atoms with Crippen molar-refractivity contribution in [2.45, 2.75) is 19.8 Å². The molecule has 4 nitrogen and oxygen atoms in total. The van der Waals surface area contributed by atoms with Gasteiger partial charge in [-0.1, -0.05) is 13.3 Å². The van der Waals surface area contributed by atoms with Crippen LogP contribution in [0.2, 0.25) is 0 Å². The second-order valence-electron chi connectivity index (χ2n) is 3.66. The number of carbonyl (C=O) groups excluding carboxylic acids is 1. The summed E-state index contributed by atoms with van der Waals surface area (Å²) in [4.78, 5) is 13.8. The summed E-state index contributed by atoms with van der Waals surface area (Å²) in [5, 5.41) is 0. The lowest BCUT2D eigenvalue weighted by atomic mass is 10.0. The lowest BCUT2D eigenvalue weighted by Crippen LogP contribution is -2.45. The number of carbonyl (C=O) groups is 1. The summed E-state index contributed by atoms with van der Waals surface area (Å²) >= 11 is 0. The van der Waals surface area contributed by atoms with E-state index < -0.39 is 0 Å². The fraction of sp³-hybridized carbons (Fsp3) is 0.900. The monoisotopic (exact) mass is 200 g/mol. The molecule has 2 N–H and O–H groups in total. The molecule has 1 aliphatic rings. The SMILES string of the molecule is CCCC(CN)C(=O)N1CCOCC1. The fourth-order valence-corrected chi connectivity index (χ4v) is 1.73. The molecule has 0 aromatic heterocycles. The first kappa shape index (κ1) is 11.5. The molecule has 0 bridgehead atoms. The highest BCUT2D eigenvalue weighted by molar-refractivity contribution is 5.79. The molecule has 1 amide bonds. The maximum absolute atomic E-state index is 11.9. The standard InChI is InChI=1S/C10H20N2O2/c1-2-3-9(8-11)10(13)12-4-6-14-7-5-12/h9H,2-8,11H2,1H3. The number of ether oxygens (including phenoxy) is 1. The van der Waals surface area contributed by atoms with E-state index in [4.69, 9.17) is 10.5 Å². The number of amides is 1. The van der Waals surface area contributed by atoms with Crippen molar-refractivity contribution in [1.82, 2.24) is 4.90 Å². The van der Waals surface area contributed by atoms with Crippen LogP contribution in [0.1, 0.15) is 19.8 Å². The van der Waals surface area contributed by atoms with Gasteiger partial charge in [-0.05, 0) is 6.42 Å². The zero-order valence-electron chi connectivity index (χ0n) is 8.87. The number of hydrogen-bond donors (Lipinski definition) is 1. The number of nitrogens with zero attached hydrogens (tertiary/aromatic N) is 1. The van der Waals surface area contributed by atoms with Gasteiger partial charge in [-0.25, -0.2) is 0 Å². The van der Waals surface area contributed by atoms with Gasteiger partial charge in [-0.2, -0.15) is 0 Å². The second kappa shape index (κ2) is 5.98. The first-order chi connectivity index (χ1) is 6.79. The summed E-state index contributed by atoms with van der Waals surface area (Å²) in [5.41, 5.74) is 5.59. The van der Waals surface area contributed by atoms with Crippen molar-refractivity contribution >= 4 is 5.91 Å². The molecule has 0 radical (unpaired) electrons. The van der Waals surface area contributed by atoms with Crippen molar-refractivity contribution in [3.05, 3.63) is 0 Å². The molecule has 1 aliphatic heterocycles. The number of morpholine rings is 1. The van der Waals surface area contributed by atoms with Crippen LogP contribution in [0.15, 0.2) is 0 Å². The van der Waals surface area contributed by atoms with Crippen molar-refractivity contribution in [3.8, 4) is 0 Å². The van der Waals surface area contributed by atoms with Gasteiger partial charge >= 0.3 is 0 Å². The molecular weight excluding hydrogens is 180 g/mol. The Labute approximate surface area is 85.4 Å². The second-order valence-corrected chi connectivity index (χ2v) is 3.66. The molecule has 0 spiro atoms. The quantitative estimate of drug-likeness (QED) is 0.706. The van der Waals surface area contributed by atoms with E-state index in [1.165, 1.54) is 0 Å². The Morgan fingerprint density at radius 2 is 2.14 bits per heavy atom. The Hall–Kier alpha value is -0.610. The van der Waals surface area contributed by atoms with Gasteiger partial charge in [0.05, 0.1) is 19.1 Å². The van der Waals surface area contributed by atoms with Crippen molar-refractivity contribution in [2.24, 2.45) is 11.7 Å². The van der Waals surface area contributed by atoms with Crippen LogP contribution in [-0.4, -0.2) is 43.7 Å². The molecule has 0 saturated carbocycles. The summed E-state index contributed by atoms with van der Waals surface area (Å²) in [7, 11) is 0. The molecule has 1 heterocycles. The Bertz CT molecular complexity index is 172. The van der Waals surface area contributed by atoms with Crippen LogP contribution >= 0.6 is 0 Å². The number of nitrogens with two attached hydrogens (primary N) is 1. The Morgan fingerprint density at radius 1 is 1.50 bits per heavy atom. The maximum atomic E-state index is 11.9. The number of hydrogen-bond acceptors (Lipinski definition) is 3. The number of rotatable bonds is 4. The van der Waals surface area contributed by atoms with E-state index in [1.54, 1.807) is 0 Å². The molecule has 1 saturated heterocycles. The minimum absolute atomic E-state index is 0.0121. The van der Waals surface area contributed by atoms with E-state index in [2.05, 4.69) is 6.92 Å². The summed E-state index contributed by atoms with van der Waals surface area (Å²) in [6, 6.07) is 0. The molecule has 0 aromatic carbocycles. The average molecular weight is 200 g/mol. The van der Waals surface area contributed by atoms with E-state index in [-0.39, 0.29) is 11.8 Å². The van der Waals surface area contributed by atoms with Crippen LogP contribution < -0.4 is 5.73 Å². The summed E-state index contributed by atoms with van der Waals surface area (Å²) in [6.07, 6.45) is 1.91. The van der Waals surface area contributed by atoms with Gasteiger partial charge in [0.2, 0.25) is 5.91 Å². The summed E-state index contributed by atoms with van der Waals surface area (Å²) in [6.45, 7) is 5.31. The van der Waals surface area contributed by atoms with Crippen LogP contribution in [0.5, 0.6) is 0 Å². The molecule has 1 rings (SSSR count). The molecule has 0 aliphatic carbocycles. The largest absolute Gasteiger partial charge is 0.378 e. The molecule has 1 fully saturated rings. The average Bonchev–Trinajstić information content (AvgIpc) is 2.26. The Kier molecular flexibility index (Phi) is 4.90. The molecule has 4 heteroatoms. The van der Waals surface area contributed by atoms with E-state index >= 15 is 0 Å². The van der Waals surface area contributed by atoms with Crippen LogP contribution in [0.3, 0.4) is 0 Å². The molecule has 1 atom stereocenters. The first-order valence-corrected chi connectivity index (χ1v) is 5.36. The van der Waals surface area contributed by atoms with E-state index in [9.17, 15) is 4.79 Å². The third-order valence-corrected chi connectivity index (χ3v) is 2.59. The lowest BCUT2D eigenvalue weighted by Gasteiger charge is -2.29. The molecule has 14 heavy (non-hydrogen) atoms. The molecule has 1 unspecified atom stereocenters. The highest BCUT2D eigenvalue weighted by Crippen LogP contribution is 2.10. The predicted octanol–water partition coefficient (Wildman–Crippen LogP) is 0.220. The lowest BCUT2D eigenvalue weighted by molar-refractivity contribution is -0.139. The zero-order valence-corrected chi connectivity index (χ0v) is 8.87. The van der Waals surface area contributed by atoms with Crippen molar-refractivity contribution in [2.75, 3.05) is 32.8 Å². The van der Waals surface area contributed by atoms with Gasteiger partial charge in [0, 0.05) is 19.6 Å². The molecule has 0 aromatic rings. The van der Waals surface area contributed by atoms with Crippen LogP contribution in [0, 0.1) is 5.92 Å². The summed E-state index contributed by atoms with van der Waals surface area (Å²) < 4.78 is 5.20. The molecular formula is C10H20N2O2. The van der Waals surface area contributed by atoms with Gasteiger partial charge in [0.15, 0.2) is 0 Å². The van der Waals surface area contributed by atoms with Crippen molar-refractivity contribution < 1.29 is 9.53 Å². The fourth-order valence-electron chi connectivity index (χ4n) is 1.73. The highest BCUT2D eigenvalue weighted by Gasteiger charge is 2.23. The van der Waals surface area contributed by atoms with Gasteiger partial charge < -0.3 is 15.4 Å². The van der Waals surface area contributed by atoms with Crippen LogP contribution in [-0.2, 0) is 9.53 Å². The first-order valence-electron chi connectivity index (χ1n) is 5.36. The minimum Gasteiger partial charge on any atom is -0.378 e. The van der Waals surface area contributed by atoms with E-state index in [1.807, 2.05) is 4.90 Å². The zero-order chi connectivity index (χ0) is 10.4. The topological polar surface area (TPSA) is 55.6 Å². The Morgan fingerprint density at radius 3 is 2.64 bits per heavy atom. The van der Waals surface area contributed by atoms with Crippen LogP contribution in [0.25, 0.3) is 0 Å². The third kappa shape index (κ3) is 2.96. The van der Waals surface area contributed by atoms with Gasteiger partial charge in [-0.15, -0.1) is 0 Å². The molecule has 82 valence electrons. The highest BCUT2D eigenvalue weighted by atomic mass is 16.5. The predicted molar refractivity (Wildman–Crippen MR) is 54.9 cm³/mol. The summed E-state index contributed by atoms with van der Waals surface area (Å²) in [5.74, 6) is 0.218. The van der Waals surface area contributed by atoms with E-state index in [0.717, 1.165) is 25.9 Å². The van der Waals surface area contributed by atoms with Crippen molar-refractivity contribution in [3.63, 3.8) is 0 Å².